The summed E-state index contributed by atoms with van der Waals surface area (Å²) in [6.45, 7) is 5.28. The Bertz CT molecular complexity index is 596. The molecule has 2 aromatic heterocycles. The summed E-state index contributed by atoms with van der Waals surface area (Å²) in [6, 6.07) is 3.14. The van der Waals surface area contributed by atoms with Gasteiger partial charge in [0.1, 0.15) is 0 Å². The van der Waals surface area contributed by atoms with Gasteiger partial charge in [0.25, 0.3) is 0 Å². The molecule has 0 fully saturated rings. The van der Waals surface area contributed by atoms with Gasteiger partial charge in [0, 0.05) is 30.7 Å². The molecule has 4 nitrogen and oxygen atoms in total. The third-order valence-electron chi connectivity index (χ3n) is 4.71. The van der Waals surface area contributed by atoms with E-state index in [9.17, 15) is 0 Å². The number of nitrogens with zero attached hydrogens (tertiary/aromatic N) is 3. The lowest BCUT2D eigenvalue weighted by Crippen LogP contribution is -2.20. The second-order valence-corrected chi connectivity index (χ2v) is 6.19. The van der Waals surface area contributed by atoms with Gasteiger partial charge in [0.05, 0.1) is 12.2 Å². The average molecular weight is 286 g/mol. The van der Waals surface area contributed by atoms with Crippen molar-refractivity contribution in [1.29, 1.82) is 0 Å². The summed E-state index contributed by atoms with van der Waals surface area (Å²) in [7, 11) is 2.06. The fourth-order valence-electron chi connectivity index (χ4n) is 3.22. The van der Waals surface area contributed by atoms with E-state index in [0.29, 0.717) is 12.1 Å². The molecule has 2 unspecified atom stereocenters. The predicted octanol–water partition coefficient (Wildman–Crippen LogP) is 3.30. The molecule has 114 valence electrons. The molecule has 0 radical (unpaired) electrons. The minimum Gasteiger partial charge on any atom is -0.348 e. The lowest BCUT2D eigenvalue weighted by molar-refractivity contribution is 0.472. The third kappa shape index (κ3) is 2.91. The van der Waals surface area contributed by atoms with Gasteiger partial charge in [-0.25, -0.2) is 0 Å². The van der Waals surface area contributed by atoms with Crippen LogP contribution in [-0.2, 0) is 13.0 Å². The van der Waals surface area contributed by atoms with Crippen LogP contribution >= 0.6 is 0 Å². The van der Waals surface area contributed by atoms with Crippen LogP contribution < -0.4 is 5.32 Å². The normalized spacial score (nSPS) is 19.5. The maximum Gasteiger partial charge on any atom is 0.0821 e. The molecule has 0 aromatic carbocycles. The molecule has 0 saturated carbocycles. The molecule has 2 aromatic rings. The van der Waals surface area contributed by atoms with Crippen molar-refractivity contribution in [3.05, 3.63) is 41.5 Å². The summed E-state index contributed by atoms with van der Waals surface area (Å²) < 4.78 is 4.37. The van der Waals surface area contributed by atoms with Gasteiger partial charge >= 0.3 is 0 Å². The minimum absolute atomic E-state index is 0.477. The fraction of sp³-hybridized carbons (Fsp3) is 0.588. The number of nitrogens with one attached hydrogen (secondary N) is 1. The smallest absolute Gasteiger partial charge is 0.0821 e. The Labute approximate surface area is 127 Å². The largest absolute Gasteiger partial charge is 0.348 e. The van der Waals surface area contributed by atoms with E-state index in [1.807, 2.05) is 0 Å². The van der Waals surface area contributed by atoms with Gasteiger partial charge in [-0.3, -0.25) is 4.68 Å². The average Bonchev–Trinajstić information content (AvgIpc) is 3.12. The van der Waals surface area contributed by atoms with Crippen LogP contribution in [0.1, 0.15) is 62.0 Å². The SMILES string of the molecule is CCC(C)n1ccc(Cn2cc3c(c2)C(NC)CCC3)n1. The van der Waals surface area contributed by atoms with Gasteiger partial charge in [-0.2, -0.15) is 5.10 Å². The third-order valence-corrected chi connectivity index (χ3v) is 4.71. The number of aryl methyl sites for hydroxylation is 1. The number of hydrogen-bond donors (Lipinski definition) is 1. The van der Waals surface area contributed by atoms with Gasteiger partial charge in [-0.15, -0.1) is 0 Å². The Morgan fingerprint density at radius 1 is 1.43 bits per heavy atom. The van der Waals surface area contributed by atoms with Crippen molar-refractivity contribution in [1.82, 2.24) is 19.7 Å². The maximum atomic E-state index is 4.70. The van der Waals surface area contributed by atoms with E-state index in [1.54, 1.807) is 0 Å². The lowest BCUT2D eigenvalue weighted by atomic mass is 9.91. The molecule has 1 aliphatic carbocycles. The first-order valence-corrected chi connectivity index (χ1v) is 8.11. The Balaban J connectivity index is 1.76. The highest BCUT2D eigenvalue weighted by Crippen LogP contribution is 2.30. The van der Waals surface area contributed by atoms with Crippen molar-refractivity contribution >= 4 is 0 Å². The maximum absolute atomic E-state index is 4.70. The number of fused-ring (bicyclic) bond motifs is 1. The van der Waals surface area contributed by atoms with Crippen molar-refractivity contribution in [3.8, 4) is 0 Å². The molecule has 0 bridgehead atoms. The van der Waals surface area contributed by atoms with Gasteiger partial charge in [-0.1, -0.05) is 6.92 Å². The zero-order valence-electron chi connectivity index (χ0n) is 13.3. The summed E-state index contributed by atoms with van der Waals surface area (Å²) in [5.74, 6) is 0. The Morgan fingerprint density at radius 2 is 2.29 bits per heavy atom. The molecule has 3 rings (SSSR count). The van der Waals surface area contributed by atoms with Crippen LogP contribution in [0, 0.1) is 0 Å². The van der Waals surface area contributed by atoms with Crippen molar-refractivity contribution in [2.75, 3.05) is 7.05 Å². The van der Waals surface area contributed by atoms with Crippen molar-refractivity contribution in [2.24, 2.45) is 0 Å². The summed E-state index contributed by atoms with van der Waals surface area (Å²) in [6.07, 6.45) is 11.6. The molecule has 1 N–H and O–H groups in total. The van der Waals surface area contributed by atoms with Crippen LogP contribution in [0.4, 0.5) is 0 Å². The quantitative estimate of drug-likeness (QED) is 0.915. The first-order valence-electron chi connectivity index (χ1n) is 8.11. The molecule has 0 saturated heterocycles. The monoisotopic (exact) mass is 286 g/mol. The number of rotatable bonds is 5. The van der Waals surface area contributed by atoms with Crippen LogP contribution in [0.25, 0.3) is 0 Å². The van der Waals surface area contributed by atoms with Gasteiger partial charge in [-0.05, 0) is 56.8 Å². The summed E-state index contributed by atoms with van der Waals surface area (Å²) in [4.78, 5) is 0. The van der Waals surface area contributed by atoms with Gasteiger partial charge in [0.2, 0.25) is 0 Å². The molecule has 2 atom stereocenters. The fourth-order valence-corrected chi connectivity index (χ4v) is 3.22. The zero-order chi connectivity index (χ0) is 14.8. The van der Waals surface area contributed by atoms with E-state index in [2.05, 4.69) is 60.1 Å². The second kappa shape index (κ2) is 6.06. The van der Waals surface area contributed by atoms with E-state index in [4.69, 9.17) is 5.10 Å². The molecule has 0 aliphatic heterocycles. The van der Waals surface area contributed by atoms with Gasteiger partial charge < -0.3 is 9.88 Å². The van der Waals surface area contributed by atoms with Crippen LogP contribution in [0.5, 0.6) is 0 Å². The molecule has 2 heterocycles. The molecular formula is C17H26N4. The highest BCUT2D eigenvalue weighted by atomic mass is 15.3. The van der Waals surface area contributed by atoms with E-state index >= 15 is 0 Å². The molecule has 0 amide bonds. The summed E-state index contributed by atoms with van der Waals surface area (Å²) in [5, 5.41) is 8.13. The van der Waals surface area contributed by atoms with Crippen molar-refractivity contribution in [3.63, 3.8) is 0 Å². The Hall–Kier alpha value is -1.55. The van der Waals surface area contributed by atoms with Gasteiger partial charge in [0.15, 0.2) is 0 Å². The number of aromatic nitrogens is 3. The predicted molar refractivity (Wildman–Crippen MR) is 85.5 cm³/mol. The molecule has 4 heteroatoms. The summed E-state index contributed by atoms with van der Waals surface area (Å²) >= 11 is 0. The Morgan fingerprint density at radius 3 is 3.05 bits per heavy atom. The van der Waals surface area contributed by atoms with Crippen LogP contribution in [0.3, 0.4) is 0 Å². The van der Waals surface area contributed by atoms with Crippen LogP contribution in [0.15, 0.2) is 24.7 Å². The number of hydrogen-bond acceptors (Lipinski definition) is 2. The molecular weight excluding hydrogens is 260 g/mol. The lowest BCUT2D eigenvalue weighted by Gasteiger charge is -2.21. The minimum atomic E-state index is 0.477. The summed E-state index contributed by atoms with van der Waals surface area (Å²) in [5.41, 5.74) is 4.12. The van der Waals surface area contributed by atoms with Crippen molar-refractivity contribution < 1.29 is 0 Å². The highest BCUT2D eigenvalue weighted by Gasteiger charge is 2.20. The van der Waals surface area contributed by atoms with Crippen LogP contribution in [0.2, 0.25) is 0 Å². The topological polar surface area (TPSA) is 34.8 Å². The van der Waals surface area contributed by atoms with E-state index in [0.717, 1.165) is 18.7 Å². The molecule has 1 aliphatic rings. The zero-order valence-corrected chi connectivity index (χ0v) is 13.3. The Kier molecular flexibility index (Phi) is 4.15. The molecule has 0 spiro atoms. The molecule has 21 heavy (non-hydrogen) atoms. The standard InChI is InChI=1S/C17H26N4/c1-4-13(2)21-9-8-15(19-21)11-20-10-14-6-5-7-17(18-3)16(14)12-20/h8-10,12-13,17-18H,4-7,11H2,1-3H3. The van der Waals surface area contributed by atoms with E-state index in [1.165, 1.54) is 30.4 Å². The van der Waals surface area contributed by atoms with E-state index in [-0.39, 0.29) is 0 Å². The second-order valence-electron chi connectivity index (χ2n) is 6.19. The van der Waals surface area contributed by atoms with Crippen molar-refractivity contribution in [2.45, 2.75) is 58.2 Å². The highest BCUT2D eigenvalue weighted by molar-refractivity contribution is 5.30. The van der Waals surface area contributed by atoms with Crippen LogP contribution in [-0.4, -0.2) is 21.4 Å². The first kappa shape index (κ1) is 14.4. The van der Waals surface area contributed by atoms with E-state index < -0.39 is 0 Å². The first-order chi connectivity index (χ1) is 10.2.